The molecule has 2 aliphatic carbocycles. The molecule has 0 aliphatic heterocycles. The van der Waals surface area contributed by atoms with Crippen molar-refractivity contribution in [3.05, 3.63) is 47.6 Å². The van der Waals surface area contributed by atoms with Crippen LogP contribution >= 0.6 is 0 Å². The van der Waals surface area contributed by atoms with E-state index in [0.717, 1.165) is 12.8 Å². The minimum Gasteiger partial charge on any atom is -1.00 e. The fourth-order valence-electron chi connectivity index (χ4n) is 0.998. The van der Waals surface area contributed by atoms with Crippen LogP contribution in [0.5, 0.6) is 0 Å². The molecule has 80 valence electrons. The molecule has 0 atom stereocenters. The van der Waals surface area contributed by atoms with Crippen LogP contribution in [0.1, 0.15) is 26.7 Å². The van der Waals surface area contributed by atoms with E-state index in [9.17, 15) is 0 Å². The summed E-state index contributed by atoms with van der Waals surface area (Å²) in [6.07, 6.45) is 16.5. The van der Waals surface area contributed by atoms with Gasteiger partial charge in [0.25, 0.3) is 0 Å². The van der Waals surface area contributed by atoms with E-state index in [1.165, 1.54) is 11.1 Å². The molecular formula is C12H14Cl2Hf. The summed E-state index contributed by atoms with van der Waals surface area (Å²) >= 11 is 0. The molecule has 3 heteroatoms. The Balaban J connectivity index is -0.000000160. The smallest absolute Gasteiger partial charge is 1.00 e. The van der Waals surface area contributed by atoms with Gasteiger partial charge >= 0.3 is 25.8 Å². The molecule has 0 amide bonds. The molecule has 0 saturated carbocycles. The average Bonchev–Trinajstić information content (AvgIpc) is 2.63. The van der Waals surface area contributed by atoms with E-state index in [-0.39, 0.29) is 50.7 Å². The van der Waals surface area contributed by atoms with Crippen molar-refractivity contribution in [2.24, 2.45) is 0 Å². The van der Waals surface area contributed by atoms with Crippen LogP contribution < -0.4 is 24.8 Å². The molecule has 0 bridgehead atoms. The van der Waals surface area contributed by atoms with Gasteiger partial charge in [0.15, 0.2) is 0 Å². The molecule has 0 aromatic rings. The quantitative estimate of drug-likeness (QED) is 0.305. The fraction of sp³-hybridized carbons (Fsp3) is 0.333. The Morgan fingerprint density at radius 2 is 1.20 bits per heavy atom. The van der Waals surface area contributed by atoms with Gasteiger partial charge in [-0.05, 0) is 0 Å². The second kappa shape index (κ2) is 12.5. The summed E-state index contributed by atoms with van der Waals surface area (Å²) in [5, 5.41) is 0. The molecule has 2 aliphatic rings. The van der Waals surface area contributed by atoms with Crippen molar-refractivity contribution in [3.63, 3.8) is 0 Å². The number of rotatable bonds is 0. The number of allylic oxidation sites excluding steroid dienone is 8. The Kier molecular flexibility index (Phi) is 17.3. The van der Waals surface area contributed by atoms with Gasteiger partial charge in [0.1, 0.15) is 0 Å². The molecule has 0 N–H and O–H groups in total. The summed E-state index contributed by atoms with van der Waals surface area (Å²) in [5.41, 5.74) is 2.69. The number of hydrogen-bond donors (Lipinski definition) is 0. The Labute approximate surface area is 124 Å². The third-order valence-electron chi connectivity index (χ3n) is 1.74. The van der Waals surface area contributed by atoms with Crippen LogP contribution in [0.25, 0.3) is 0 Å². The first-order valence-corrected chi connectivity index (χ1v) is 4.26. The van der Waals surface area contributed by atoms with Gasteiger partial charge < -0.3 is 24.8 Å². The number of hydrogen-bond acceptors (Lipinski definition) is 0. The second-order valence-electron chi connectivity index (χ2n) is 3.00. The first kappa shape index (κ1) is 20.8. The zero-order valence-corrected chi connectivity index (χ0v) is 14.1. The van der Waals surface area contributed by atoms with Crippen molar-refractivity contribution < 1.29 is 50.7 Å². The van der Waals surface area contributed by atoms with Crippen LogP contribution in [0, 0.1) is 12.2 Å². The van der Waals surface area contributed by atoms with Gasteiger partial charge in [-0.2, -0.15) is 12.2 Å². The standard InChI is InChI=1S/2C6H7.2ClH.Hf/c2*1-6-4-2-3-5-6;;;/h2*4-5H,2H2,1H3;2*1H;/q2*-1;;;+4/p-2. The average molecular weight is 408 g/mol. The zero-order chi connectivity index (χ0) is 8.81. The Bertz CT molecular complexity index is 229. The van der Waals surface area contributed by atoms with Crippen LogP contribution in [0.3, 0.4) is 0 Å². The van der Waals surface area contributed by atoms with E-state index >= 15 is 0 Å². The second-order valence-corrected chi connectivity index (χ2v) is 3.00. The third-order valence-corrected chi connectivity index (χ3v) is 1.74. The van der Waals surface area contributed by atoms with E-state index in [0.29, 0.717) is 0 Å². The van der Waals surface area contributed by atoms with E-state index in [2.05, 4.69) is 38.2 Å². The van der Waals surface area contributed by atoms with Gasteiger partial charge in [-0.25, -0.2) is 23.3 Å². The summed E-state index contributed by atoms with van der Waals surface area (Å²) in [4.78, 5) is 0. The Hall–Kier alpha value is 0.410. The van der Waals surface area contributed by atoms with Gasteiger partial charge in [-0.1, -0.05) is 0 Å². The van der Waals surface area contributed by atoms with E-state index in [4.69, 9.17) is 0 Å². The SMILES string of the molecule is CC1=CC[C-]=C1.CC1=CC[C-]=C1.[Cl-].[Cl-].[Hf+4]. The normalized spacial score (nSPS) is 14.8. The molecule has 15 heavy (non-hydrogen) atoms. The molecule has 0 heterocycles. The summed E-state index contributed by atoms with van der Waals surface area (Å²) in [7, 11) is 0. The van der Waals surface area contributed by atoms with Crippen molar-refractivity contribution in [3.8, 4) is 0 Å². The van der Waals surface area contributed by atoms with Gasteiger partial charge in [0.2, 0.25) is 0 Å². The maximum Gasteiger partial charge on any atom is 4.00 e. The van der Waals surface area contributed by atoms with Crippen molar-refractivity contribution >= 4 is 0 Å². The third kappa shape index (κ3) is 10.7. The maximum absolute atomic E-state index is 3.05. The molecule has 0 aromatic carbocycles. The summed E-state index contributed by atoms with van der Waals surface area (Å²) in [6, 6.07) is 0. The van der Waals surface area contributed by atoms with Crippen LogP contribution in [0.15, 0.2) is 35.5 Å². The van der Waals surface area contributed by atoms with E-state index in [1.807, 2.05) is 12.2 Å². The molecule has 0 radical (unpaired) electrons. The fourth-order valence-corrected chi connectivity index (χ4v) is 0.998. The van der Waals surface area contributed by atoms with Crippen LogP contribution in [0.2, 0.25) is 0 Å². The molecule has 0 unspecified atom stereocenters. The van der Waals surface area contributed by atoms with E-state index in [1.54, 1.807) is 0 Å². The first-order valence-electron chi connectivity index (χ1n) is 4.26. The minimum absolute atomic E-state index is 0. The van der Waals surface area contributed by atoms with Crippen molar-refractivity contribution in [2.45, 2.75) is 26.7 Å². The molecule has 0 spiro atoms. The number of halogens is 2. The summed E-state index contributed by atoms with van der Waals surface area (Å²) < 4.78 is 0. The van der Waals surface area contributed by atoms with Crippen LogP contribution in [-0.4, -0.2) is 0 Å². The molecule has 2 rings (SSSR count). The zero-order valence-electron chi connectivity index (χ0n) is 8.98. The van der Waals surface area contributed by atoms with Crippen molar-refractivity contribution in [1.82, 2.24) is 0 Å². The topological polar surface area (TPSA) is 0 Å². The molecule has 0 nitrogen and oxygen atoms in total. The maximum atomic E-state index is 3.05. The van der Waals surface area contributed by atoms with Gasteiger partial charge in [0, 0.05) is 0 Å². The Morgan fingerprint density at radius 1 is 0.867 bits per heavy atom. The van der Waals surface area contributed by atoms with E-state index < -0.39 is 0 Å². The first-order chi connectivity index (χ1) is 5.79. The predicted octanol–water partition coefficient (Wildman–Crippen LogP) is -2.60. The minimum atomic E-state index is 0. The molecule has 0 fully saturated rings. The van der Waals surface area contributed by atoms with Crippen molar-refractivity contribution in [1.29, 1.82) is 0 Å². The molecule has 0 saturated heterocycles. The van der Waals surface area contributed by atoms with Crippen LogP contribution in [0.4, 0.5) is 0 Å². The monoisotopic (exact) mass is 408 g/mol. The van der Waals surface area contributed by atoms with Crippen molar-refractivity contribution in [2.75, 3.05) is 0 Å². The summed E-state index contributed by atoms with van der Waals surface area (Å²) in [5.74, 6) is 0. The van der Waals surface area contributed by atoms with Gasteiger partial charge in [0.05, 0.1) is 0 Å². The molecular weight excluding hydrogens is 394 g/mol. The summed E-state index contributed by atoms with van der Waals surface area (Å²) in [6.45, 7) is 4.17. The van der Waals surface area contributed by atoms with Gasteiger partial charge in [-0.15, -0.1) is 26.7 Å². The predicted molar refractivity (Wildman–Crippen MR) is 52.4 cm³/mol. The van der Waals surface area contributed by atoms with Gasteiger partial charge in [-0.3, -0.25) is 12.2 Å². The Morgan fingerprint density at radius 3 is 1.27 bits per heavy atom. The van der Waals surface area contributed by atoms with Crippen LogP contribution in [-0.2, 0) is 25.8 Å². The largest absolute Gasteiger partial charge is 4.00 e. The molecule has 0 aromatic heterocycles.